The minimum absolute atomic E-state index is 0.111. The van der Waals surface area contributed by atoms with E-state index in [2.05, 4.69) is 4.98 Å². The third kappa shape index (κ3) is 2.44. The van der Waals surface area contributed by atoms with Crippen molar-refractivity contribution in [3.8, 4) is 5.75 Å². The van der Waals surface area contributed by atoms with Crippen LogP contribution in [0.1, 0.15) is 17.7 Å². The van der Waals surface area contributed by atoms with E-state index in [1.54, 1.807) is 0 Å². The van der Waals surface area contributed by atoms with E-state index in [0.717, 1.165) is 0 Å². The summed E-state index contributed by atoms with van der Waals surface area (Å²) in [4.78, 5) is 4.00. The lowest BCUT2D eigenvalue weighted by atomic mass is 10.2. The fourth-order valence-electron chi connectivity index (χ4n) is 1.01. The Balaban J connectivity index is 3.28. The number of halogens is 4. The summed E-state index contributed by atoms with van der Waals surface area (Å²) in [5.41, 5.74) is 0.259. The van der Waals surface area contributed by atoms with Gasteiger partial charge in [0.15, 0.2) is 5.75 Å². The zero-order valence-electron chi connectivity index (χ0n) is 7.23. The van der Waals surface area contributed by atoms with Crippen molar-refractivity contribution in [1.82, 2.24) is 4.98 Å². The number of nitrogens with zero attached hydrogens (tertiary/aromatic N) is 1. The minimum Gasteiger partial charge on any atom is -0.493 e. The van der Waals surface area contributed by atoms with Gasteiger partial charge in [-0.2, -0.15) is 0 Å². The van der Waals surface area contributed by atoms with E-state index in [1.807, 2.05) is 22.6 Å². The number of pyridine rings is 1. The van der Waals surface area contributed by atoms with E-state index in [9.17, 15) is 8.78 Å². The molecule has 0 fully saturated rings. The topological polar surface area (TPSA) is 22.1 Å². The minimum atomic E-state index is -2.58. The molecule has 0 saturated heterocycles. The molecule has 0 bridgehead atoms. The van der Waals surface area contributed by atoms with Crippen molar-refractivity contribution in [1.29, 1.82) is 0 Å². The van der Waals surface area contributed by atoms with Crippen LogP contribution in [0.25, 0.3) is 0 Å². The highest BCUT2D eigenvalue weighted by molar-refractivity contribution is 14.1. The van der Waals surface area contributed by atoms with Gasteiger partial charge in [-0.25, -0.2) is 13.8 Å². The number of alkyl halides is 3. The Labute approximate surface area is 98.8 Å². The van der Waals surface area contributed by atoms with Gasteiger partial charge in [0.2, 0.25) is 0 Å². The molecular weight excluding hydrogens is 326 g/mol. The first-order valence-corrected chi connectivity index (χ1v) is 5.29. The first-order valence-electron chi connectivity index (χ1n) is 3.67. The van der Waals surface area contributed by atoms with E-state index < -0.39 is 6.43 Å². The summed E-state index contributed by atoms with van der Waals surface area (Å²) in [5, 5.41) is 0. The fraction of sp³-hybridized carbons (Fsp3) is 0.375. The Morgan fingerprint density at radius 2 is 2.29 bits per heavy atom. The van der Waals surface area contributed by atoms with Crippen LogP contribution in [0, 0.1) is 3.70 Å². The van der Waals surface area contributed by atoms with Crippen molar-refractivity contribution < 1.29 is 13.5 Å². The summed E-state index contributed by atoms with van der Waals surface area (Å²) in [5.74, 6) is 0.231. The molecule has 6 heteroatoms. The van der Waals surface area contributed by atoms with Crippen LogP contribution in [0.2, 0.25) is 0 Å². The fourth-order valence-corrected chi connectivity index (χ4v) is 1.98. The molecule has 0 unspecified atom stereocenters. The summed E-state index contributed by atoms with van der Waals surface area (Å²) in [6.45, 7) is 0. The van der Waals surface area contributed by atoms with Crippen molar-refractivity contribution >= 4 is 34.2 Å². The Hall–Kier alpha value is -0.170. The molecule has 0 aliphatic rings. The molecule has 0 radical (unpaired) electrons. The van der Waals surface area contributed by atoms with Crippen LogP contribution in [0.4, 0.5) is 8.78 Å². The van der Waals surface area contributed by atoms with Crippen LogP contribution in [0.5, 0.6) is 5.75 Å². The molecule has 0 aromatic carbocycles. The molecule has 78 valence electrons. The van der Waals surface area contributed by atoms with E-state index in [4.69, 9.17) is 16.3 Å². The highest BCUT2D eigenvalue weighted by Gasteiger charge is 2.18. The smallest absolute Gasteiger partial charge is 0.267 e. The quantitative estimate of drug-likeness (QED) is 0.481. The highest BCUT2D eigenvalue weighted by atomic mass is 127. The second kappa shape index (κ2) is 5.06. The molecule has 14 heavy (non-hydrogen) atoms. The molecule has 1 heterocycles. The Kier molecular flexibility index (Phi) is 4.31. The van der Waals surface area contributed by atoms with Gasteiger partial charge in [-0.1, -0.05) is 0 Å². The standard InChI is InChI=1S/C8H7ClF2INO/c1-14-6-5(7(10)11)2-4(3-9)13-8(6)12/h2,7H,3H2,1H3. The molecule has 0 aliphatic heterocycles. The second-order valence-electron chi connectivity index (χ2n) is 2.46. The molecule has 1 aromatic heterocycles. The monoisotopic (exact) mass is 333 g/mol. The van der Waals surface area contributed by atoms with Gasteiger partial charge in [0.1, 0.15) is 3.70 Å². The van der Waals surface area contributed by atoms with Crippen LogP contribution in [0.3, 0.4) is 0 Å². The molecule has 2 nitrogen and oxygen atoms in total. The summed E-state index contributed by atoms with van der Waals surface area (Å²) < 4.78 is 30.4. The molecule has 0 saturated carbocycles. The van der Waals surface area contributed by atoms with E-state index in [1.165, 1.54) is 13.2 Å². The normalized spacial score (nSPS) is 10.7. The van der Waals surface area contributed by atoms with Crippen molar-refractivity contribution in [3.05, 3.63) is 21.0 Å². The largest absolute Gasteiger partial charge is 0.493 e. The lowest BCUT2D eigenvalue weighted by molar-refractivity contribution is 0.146. The average molecular weight is 334 g/mol. The molecule has 0 spiro atoms. The Morgan fingerprint density at radius 1 is 1.64 bits per heavy atom. The summed E-state index contributed by atoms with van der Waals surface area (Å²) in [7, 11) is 1.34. The first-order chi connectivity index (χ1) is 6.60. The van der Waals surface area contributed by atoms with Crippen molar-refractivity contribution in [2.45, 2.75) is 12.3 Å². The number of ether oxygens (including phenoxy) is 1. The van der Waals surface area contributed by atoms with Crippen molar-refractivity contribution in [2.75, 3.05) is 7.11 Å². The van der Waals surface area contributed by atoms with E-state index in [0.29, 0.717) is 9.39 Å². The summed E-state index contributed by atoms with van der Waals surface area (Å²) >= 11 is 7.36. The van der Waals surface area contributed by atoms with Gasteiger partial charge < -0.3 is 4.74 Å². The Morgan fingerprint density at radius 3 is 2.71 bits per heavy atom. The van der Waals surface area contributed by atoms with Crippen molar-refractivity contribution in [2.24, 2.45) is 0 Å². The molecule has 0 aliphatic carbocycles. The van der Waals surface area contributed by atoms with Gasteiger partial charge in [-0.05, 0) is 28.7 Å². The van der Waals surface area contributed by atoms with E-state index in [-0.39, 0.29) is 17.2 Å². The molecule has 1 aromatic rings. The van der Waals surface area contributed by atoms with Crippen LogP contribution < -0.4 is 4.74 Å². The molecule has 1 rings (SSSR count). The van der Waals surface area contributed by atoms with Crippen molar-refractivity contribution in [3.63, 3.8) is 0 Å². The van der Waals surface area contributed by atoms with Gasteiger partial charge in [0.25, 0.3) is 6.43 Å². The maximum Gasteiger partial charge on any atom is 0.267 e. The van der Waals surface area contributed by atoms with Gasteiger partial charge in [0, 0.05) is 0 Å². The van der Waals surface area contributed by atoms with Gasteiger partial charge in [-0.3, -0.25) is 0 Å². The third-order valence-corrected chi connectivity index (χ3v) is 2.59. The van der Waals surface area contributed by atoms with E-state index >= 15 is 0 Å². The maximum absolute atomic E-state index is 12.6. The third-order valence-electron chi connectivity index (χ3n) is 1.59. The van der Waals surface area contributed by atoms with Crippen LogP contribution >= 0.6 is 34.2 Å². The summed E-state index contributed by atoms with van der Waals surface area (Å²) in [6.07, 6.45) is -2.58. The summed E-state index contributed by atoms with van der Waals surface area (Å²) in [6, 6.07) is 1.26. The number of rotatable bonds is 3. The predicted octanol–water partition coefficient (Wildman–Crippen LogP) is 3.37. The average Bonchev–Trinajstić information content (AvgIpc) is 2.16. The number of aromatic nitrogens is 1. The van der Waals surface area contributed by atoms with Gasteiger partial charge >= 0.3 is 0 Å². The van der Waals surface area contributed by atoms with Crippen LogP contribution in [-0.2, 0) is 5.88 Å². The molecule has 0 amide bonds. The maximum atomic E-state index is 12.6. The zero-order valence-corrected chi connectivity index (χ0v) is 10.1. The van der Waals surface area contributed by atoms with Gasteiger partial charge in [0.05, 0.1) is 24.2 Å². The lowest BCUT2D eigenvalue weighted by Crippen LogP contribution is -2.00. The molecule has 0 atom stereocenters. The zero-order chi connectivity index (χ0) is 10.7. The van der Waals surface area contributed by atoms with Crippen LogP contribution in [-0.4, -0.2) is 12.1 Å². The number of hydrogen-bond acceptors (Lipinski definition) is 2. The first kappa shape index (κ1) is 11.9. The number of methoxy groups -OCH3 is 1. The lowest BCUT2D eigenvalue weighted by Gasteiger charge is -2.10. The predicted molar refractivity (Wildman–Crippen MR) is 58.0 cm³/mol. The molecule has 0 N–H and O–H groups in total. The SMILES string of the molecule is COc1c(C(F)F)cc(CCl)nc1I. The highest BCUT2D eigenvalue weighted by Crippen LogP contribution is 2.32. The molecular formula is C8H7ClF2INO. The van der Waals surface area contributed by atoms with Gasteiger partial charge in [-0.15, -0.1) is 11.6 Å². The number of hydrogen-bond donors (Lipinski definition) is 0. The second-order valence-corrected chi connectivity index (χ2v) is 3.75. The Bertz CT molecular complexity index is 335. The van der Waals surface area contributed by atoms with Crippen LogP contribution in [0.15, 0.2) is 6.07 Å².